The SMILES string of the molecule is CC1(C)CCCCC1C(=O)c1ccccc1Cl. The van der Waals surface area contributed by atoms with Gasteiger partial charge in [-0.15, -0.1) is 0 Å². The van der Waals surface area contributed by atoms with Crippen LogP contribution in [0.1, 0.15) is 49.9 Å². The Labute approximate surface area is 108 Å². The van der Waals surface area contributed by atoms with Crippen molar-refractivity contribution in [2.45, 2.75) is 39.5 Å². The zero-order valence-electron chi connectivity index (χ0n) is 10.5. The molecule has 1 unspecified atom stereocenters. The Kier molecular flexibility index (Phi) is 3.58. The molecule has 1 fully saturated rings. The van der Waals surface area contributed by atoms with Gasteiger partial charge < -0.3 is 0 Å². The van der Waals surface area contributed by atoms with Gasteiger partial charge in [0.15, 0.2) is 5.78 Å². The van der Waals surface area contributed by atoms with Crippen LogP contribution in [0.3, 0.4) is 0 Å². The van der Waals surface area contributed by atoms with Crippen LogP contribution in [0.25, 0.3) is 0 Å². The van der Waals surface area contributed by atoms with Gasteiger partial charge in [0.1, 0.15) is 0 Å². The second kappa shape index (κ2) is 4.81. The molecule has 0 amide bonds. The number of hydrogen-bond donors (Lipinski definition) is 0. The number of halogens is 1. The number of carbonyl (C=O) groups is 1. The summed E-state index contributed by atoms with van der Waals surface area (Å²) < 4.78 is 0. The minimum atomic E-state index is 0.106. The molecular weight excluding hydrogens is 232 g/mol. The van der Waals surface area contributed by atoms with Crippen LogP contribution < -0.4 is 0 Å². The van der Waals surface area contributed by atoms with Crippen LogP contribution in [-0.4, -0.2) is 5.78 Å². The van der Waals surface area contributed by atoms with Gasteiger partial charge in [0.05, 0.1) is 5.02 Å². The molecular formula is C15H19ClO. The first kappa shape index (κ1) is 12.6. The number of benzene rings is 1. The molecule has 1 aliphatic rings. The summed E-state index contributed by atoms with van der Waals surface area (Å²) >= 11 is 6.11. The molecule has 92 valence electrons. The molecule has 1 aromatic carbocycles. The fourth-order valence-electron chi connectivity index (χ4n) is 2.83. The largest absolute Gasteiger partial charge is 0.294 e. The zero-order valence-corrected chi connectivity index (χ0v) is 11.3. The zero-order chi connectivity index (χ0) is 12.5. The normalized spacial score (nSPS) is 23.4. The molecule has 1 atom stereocenters. The molecule has 1 saturated carbocycles. The average Bonchev–Trinajstić information content (AvgIpc) is 2.28. The quantitative estimate of drug-likeness (QED) is 0.693. The molecule has 0 bridgehead atoms. The molecule has 1 nitrogen and oxygen atoms in total. The lowest BCUT2D eigenvalue weighted by Crippen LogP contribution is -2.34. The summed E-state index contributed by atoms with van der Waals surface area (Å²) in [5.74, 6) is 0.344. The van der Waals surface area contributed by atoms with Gasteiger partial charge in [-0.25, -0.2) is 0 Å². The highest BCUT2D eigenvalue weighted by Crippen LogP contribution is 2.42. The van der Waals surface area contributed by atoms with Gasteiger partial charge in [0.2, 0.25) is 0 Å². The Bertz CT molecular complexity index is 423. The number of rotatable bonds is 2. The third-order valence-corrected chi connectivity index (χ3v) is 4.29. The summed E-state index contributed by atoms with van der Waals surface area (Å²) in [6, 6.07) is 7.39. The Balaban J connectivity index is 2.28. The van der Waals surface area contributed by atoms with E-state index in [0.717, 1.165) is 19.3 Å². The highest BCUT2D eigenvalue weighted by atomic mass is 35.5. The lowest BCUT2D eigenvalue weighted by molar-refractivity contribution is 0.0697. The van der Waals surface area contributed by atoms with Crippen LogP contribution in [0, 0.1) is 11.3 Å². The topological polar surface area (TPSA) is 17.1 Å². The third kappa shape index (κ3) is 2.55. The third-order valence-electron chi connectivity index (χ3n) is 3.96. The summed E-state index contributed by atoms with van der Waals surface area (Å²) in [6.45, 7) is 4.40. The maximum atomic E-state index is 12.6. The fraction of sp³-hybridized carbons (Fsp3) is 0.533. The van der Waals surface area contributed by atoms with E-state index in [4.69, 9.17) is 11.6 Å². The molecule has 1 aliphatic carbocycles. The van der Waals surface area contributed by atoms with E-state index in [1.54, 1.807) is 6.07 Å². The monoisotopic (exact) mass is 250 g/mol. The predicted molar refractivity (Wildman–Crippen MR) is 71.5 cm³/mol. The first-order valence-electron chi connectivity index (χ1n) is 6.31. The predicted octanol–water partition coefficient (Wildman–Crippen LogP) is 4.74. The van der Waals surface area contributed by atoms with E-state index in [2.05, 4.69) is 13.8 Å². The Hall–Kier alpha value is -0.820. The summed E-state index contributed by atoms with van der Waals surface area (Å²) in [6.07, 6.45) is 4.52. The van der Waals surface area contributed by atoms with Crippen LogP contribution >= 0.6 is 11.6 Å². The standard InChI is InChI=1S/C15H19ClO/c1-15(2)10-6-5-8-12(15)14(17)11-7-3-4-9-13(11)16/h3-4,7,9,12H,5-6,8,10H2,1-2H3. The van der Waals surface area contributed by atoms with Crippen LogP contribution in [0.2, 0.25) is 5.02 Å². The lowest BCUT2D eigenvalue weighted by atomic mass is 9.66. The van der Waals surface area contributed by atoms with Gasteiger partial charge in [0, 0.05) is 11.5 Å². The van der Waals surface area contributed by atoms with E-state index >= 15 is 0 Å². The second-order valence-corrected chi connectivity index (χ2v) is 6.04. The van der Waals surface area contributed by atoms with E-state index in [1.807, 2.05) is 18.2 Å². The van der Waals surface area contributed by atoms with Crippen molar-refractivity contribution in [1.29, 1.82) is 0 Å². The minimum Gasteiger partial charge on any atom is -0.294 e. The summed E-state index contributed by atoms with van der Waals surface area (Å²) in [7, 11) is 0. The van der Waals surface area contributed by atoms with E-state index < -0.39 is 0 Å². The van der Waals surface area contributed by atoms with E-state index in [0.29, 0.717) is 10.6 Å². The van der Waals surface area contributed by atoms with Crippen molar-refractivity contribution in [2.24, 2.45) is 11.3 Å². The maximum absolute atomic E-state index is 12.6. The molecule has 1 aromatic rings. The summed E-state index contributed by atoms with van der Waals surface area (Å²) in [5.41, 5.74) is 0.795. The minimum absolute atomic E-state index is 0.106. The van der Waals surface area contributed by atoms with Crippen molar-refractivity contribution in [1.82, 2.24) is 0 Å². The number of Topliss-reactive ketones (excluding diaryl/α,β-unsaturated/α-hetero) is 1. The highest BCUT2D eigenvalue weighted by Gasteiger charge is 2.37. The van der Waals surface area contributed by atoms with E-state index in [9.17, 15) is 4.79 Å². The van der Waals surface area contributed by atoms with Crippen molar-refractivity contribution < 1.29 is 4.79 Å². The molecule has 0 N–H and O–H groups in total. The molecule has 17 heavy (non-hydrogen) atoms. The first-order chi connectivity index (χ1) is 8.02. The van der Waals surface area contributed by atoms with Gasteiger partial charge >= 0.3 is 0 Å². The lowest BCUT2D eigenvalue weighted by Gasteiger charge is -2.37. The van der Waals surface area contributed by atoms with Gasteiger partial charge in [0.25, 0.3) is 0 Å². The molecule has 2 rings (SSSR count). The van der Waals surface area contributed by atoms with Gasteiger partial charge in [-0.05, 0) is 30.4 Å². The highest BCUT2D eigenvalue weighted by molar-refractivity contribution is 6.34. The maximum Gasteiger partial charge on any atom is 0.167 e. The van der Waals surface area contributed by atoms with Gasteiger partial charge in [-0.2, -0.15) is 0 Å². The summed E-state index contributed by atoms with van der Waals surface area (Å²) in [5, 5.41) is 0.582. The van der Waals surface area contributed by atoms with Crippen molar-refractivity contribution in [3.63, 3.8) is 0 Å². The van der Waals surface area contributed by atoms with Crippen molar-refractivity contribution >= 4 is 17.4 Å². The molecule has 0 radical (unpaired) electrons. The molecule has 2 heteroatoms. The van der Waals surface area contributed by atoms with Crippen LogP contribution in [-0.2, 0) is 0 Å². The van der Waals surface area contributed by atoms with Crippen molar-refractivity contribution in [3.05, 3.63) is 34.9 Å². The van der Waals surface area contributed by atoms with Crippen molar-refractivity contribution in [2.75, 3.05) is 0 Å². The Morgan fingerprint density at radius 2 is 2.00 bits per heavy atom. The van der Waals surface area contributed by atoms with Crippen molar-refractivity contribution in [3.8, 4) is 0 Å². The second-order valence-electron chi connectivity index (χ2n) is 5.63. The van der Waals surface area contributed by atoms with Crippen LogP contribution in [0.15, 0.2) is 24.3 Å². The molecule has 0 aliphatic heterocycles. The Morgan fingerprint density at radius 1 is 1.29 bits per heavy atom. The molecule has 0 heterocycles. The number of hydrogen-bond acceptors (Lipinski definition) is 1. The average molecular weight is 251 g/mol. The van der Waals surface area contributed by atoms with Gasteiger partial charge in [-0.3, -0.25) is 4.79 Å². The fourth-order valence-corrected chi connectivity index (χ4v) is 3.06. The molecule has 0 aromatic heterocycles. The summed E-state index contributed by atoms with van der Waals surface area (Å²) in [4.78, 5) is 12.6. The van der Waals surface area contributed by atoms with Gasteiger partial charge in [-0.1, -0.05) is 50.4 Å². The Morgan fingerprint density at radius 3 is 2.65 bits per heavy atom. The molecule has 0 spiro atoms. The first-order valence-corrected chi connectivity index (χ1v) is 6.69. The van der Waals surface area contributed by atoms with Crippen LogP contribution in [0.5, 0.6) is 0 Å². The van der Waals surface area contributed by atoms with Crippen LogP contribution in [0.4, 0.5) is 0 Å². The van der Waals surface area contributed by atoms with E-state index in [-0.39, 0.29) is 17.1 Å². The smallest absolute Gasteiger partial charge is 0.167 e. The molecule has 0 saturated heterocycles. The number of ketones is 1. The number of carbonyl (C=O) groups excluding carboxylic acids is 1. The van der Waals surface area contributed by atoms with E-state index in [1.165, 1.54) is 6.42 Å².